The van der Waals surface area contributed by atoms with E-state index in [4.69, 9.17) is 10.5 Å². The molecule has 1 amide bonds. The third-order valence-corrected chi connectivity index (χ3v) is 4.01. The van der Waals surface area contributed by atoms with E-state index in [9.17, 15) is 4.79 Å². The minimum Gasteiger partial charge on any atom is -0.495 e. The Morgan fingerprint density at radius 2 is 2.25 bits per heavy atom. The van der Waals surface area contributed by atoms with Crippen LogP contribution in [0.15, 0.2) is 23.7 Å². The van der Waals surface area contributed by atoms with Crippen LogP contribution in [0.5, 0.6) is 5.75 Å². The lowest BCUT2D eigenvalue weighted by atomic mass is 10.1. The highest BCUT2D eigenvalue weighted by Crippen LogP contribution is 2.26. The second-order valence-electron chi connectivity index (χ2n) is 4.44. The number of nitrogens with two attached hydrogens (primary N) is 1. The Morgan fingerprint density at radius 1 is 1.50 bits per heavy atom. The second kappa shape index (κ2) is 5.92. The first kappa shape index (κ1) is 14.3. The Hall–Kier alpha value is -2.08. The quantitative estimate of drug-likeness (QED) is 0.878. The fourth-order valence-electron chi connectivity index (χ4n) is 1.88. The fourth-order valence-corrected chi connectivity index (χ4v) is 2.71. The molecule has 0 atom stereocenters. The Balaban J connectivity index is 2.21. The second-order valence-corrected chi connectivity index (χ2v) is 5.38. The summed E-state index contributed by atoms with van der Waals surface area (Å²) in [6.45, 7) is 2.45. The predicted octanol–water partition coefficient (Wildman–Crippen LogP) is 2.31. The number of thiazole rings is 1. The molecule has 0 aliphatic heterocycles. The molecule has 1 aromatic heterocycles. The van der Waals surface area contributed by atoms with Crippen molar-refractivity contribution in [3.8, 4) is 5.75 Å². The van der Waals surface area contributed by atoms with Gasteiger partial charge in [-0.05, 0) is 19.1 Å². The van der Waals surface area contributed by atoms with Crippen LogP contribution in [0.25, 0.3) is 0 Å². The van der Waals surface area contributed by atoms with Gasteiger partial charge in [-0.2, -0.15) is 0 Å². The van der Waals surface area contributed by atoms with Crippen LogP contribution in [-0.4, -0.2) is 29.9 Å². The van der Waals surface area contributed by atoms with Crippen LogP contribution >= 0.6 is 11.3 Å². The molecule has 2 aromatic rings. The van der Waals surface area contributed by atoms with Crippen LogP contribution in [0.1, 0.15) is 20.9 Å². The maximum Gasteiger partial charge on any atom is 0.256 e. The van der Waals surface area contributed by atoms with Crippen molar-refractivity contribution in [3.63, 3.8) is 0 Å². The first-order chi connectivity index (χ1) is 9.54. The lowest BCUT2D eigenvalue weighted by Gasteiger charge is -2.18. The van der Waals surface area contributed by atoms with Gasteiger partial charge in [-0.15, -0.1) is 11.3 Å². The molecule has 0 saturated carbocycles. The Kier molecular flexibility index (Phi) is 4.24. The minimum absolute atomic E-state index is 0.130. The number of hydrogen-bond acceptors (Lipinski definition) is 5. The number of hydrogen-bond donors (Lipinski definition) is 1. The summed E-state index contributed by atoms with van der Waals surface area (Å²) < 4.78 is 5.14. The molecule has 0 fully saturated rings. The molecule has 0 spiro atoms. The zero-order valence-electron chi connectivity index (χ0n) is 11.7. The molecule has 0 aliphatic rings. The zero-order valence-corrected chi connectivity index (χ0v) is 12.5. The Labute approximate surface area is 122 Å². The number of ether oxygens (including phenoxy) is 1. The minimum atomic E-state index is -0.130. The van der Waals surface area contributed by atoms with Crippen LogP contribution in [0.3, 0.4) is 0 Å². The highest BCUT2D eigenvalue weighted by Gasteiger charge is 2.18. The van der Waals surface area contributed by atoms with Crippen LogP contribution in [0.4, 0.5) is 5.69 Å². The van der Waals surface area contributed by atoms with Crippen molar-refractivity contribution in [3.05, 3.63) is 39.8 Å². The first-order valence-electron chi connectivity index (χ1n) is 6.11. The van der Waals surface area contributed by atoms with E-state index in [1.165, 1.54) is 7.11 Å². The van der Waals surface area contributed by atoms with Gasteiger partial charge in [0, 0.05) is 11.9 Å². The summed E-state index contributed by atoms with van der Waals surface area (Å²) in [6, 6.07) is 5.20. The summed E-state index contributed by atoms with van der Waals surface area (Å²) in [5.74, 6) is 0.382. The van der Waals surface area contributed by atoms with Crippen molar-refractivity contribution in [1.82, 2.24) is 9.88 Å². The van der Waals surface area contributed by atoms with Gasteiger partial charge in [0.05, 0.1) is 36.1 Å². The van der Waals surface area contributed by atoms with Crippen molar-refractivity contribution in [2.75, 3.05) is 19.9 Å². The molecule has 0 bridgehead atoms. The van der Waals surface area contributed by atoms with Gasteiger partial charge in [-0.1, -0.05) is 6.07 Å². The largest absolute Gasteiger partial charge is 0.495 e. The number of methoxy groups -OCH3 is 1. The molecule has 20 heavy (non-hydrogen) atoms. The maximum atomic E-state index is 12.4. The highest BCUT2D eigenvalue weighted by atomic mass is 32.1. The normalized spacial score (nSPS) is 10.3. The molecule has 2 rings (SSSR count). The molecule has 6 heteroatoms. The summed E-state index contributed by atoms with van der Waals surface area (Å²) in [5.41, 5.74) is 9.51. The summed E-state index contributed by atoms with van der Waals surface area (Å²) in [6.07, 6.45) is 0. The van der Waals surface area contributed by atoms with Crippen LogP contribution in [0, 0.1) is 6.92 Å². The average Bonchev–Trinajstić information content (AvgIpc) is 2.84. The number of aryl methyl sites for hydroxylation is 1. The average molecular weight is 291 g/mol. The van der Waals surface area contributed by atoms with Crippen LogP contribution in [-0.2, 0) is 6.54 Å². The van der Waals surface area contributed by atoms with Gasteiger partial charge in [0.15, 0.2) is 0 Å². The SMILES string of the molecule is COc1cccc(C(=O)N(C)Cc2scnc2C)c1N. The third-order valence-electron chi connectivity index (χ3n) is 3.09. The molecular weight excluding hydrogens is 274 g/mol. The molecule has 1 aromatic carbocycles. The molecule has 5 nitrogen and oxygen atoms in total. The molecule has 0 unspecified atom stereocenters. The monoisotopic (exact) mass is 291 g/mol. The molecule has 0 saturated heterocycles. The van der Waals surface area contributed by atoms with E-state index in [0.717, 1.165) is 10.6 Å². The van der Waals surface area contributed by atoms with Crippen LogP contribution in [0.2, 0.25) is 0 Å². The van der Waals surface area contributed by atoms with Crippen LogP contribution < -0.4 is 10.5 Å². The smallest absolute Gasteiger partial charge is 0.256 e. The van der Waals surface area contributed by atoms with Crippen molar-refractivity contribution in [2.24, 2.45) is 0 Å². The lowest BCUT2D eigenvalue weighted by molar-refractivity contribution is 0.0787. The van der Waals surface area contributed by atoms with Gasteiger partial charge in [0.1, 0.15) is 5.75 Å². The summed E-state index contributed by atoms with van der Waals surface area (Å²) in [4.78, 5) is 19.3. The van der Waals surface area contributed by atoms with Gasteiger partial charge >= 0.3 is 0 Å². The molecular formula is C14H17N3O2S. The highest BCUT2D eigenvalue weighted by molar-refractivity contribution is 7.09. The first-order valence-corrected chi connectivity index (χ1v) is 6.99. The van der Waals surface area contributed by atoms with Crippen molar-refractivity contribution < 1.29 is 9.53 Å². The number of para-hydroxylation sites is 1. The molecule has 0 radical (unpaired) electrons. The zero-order chi connectivity index (χ0) is 14.7. The summed E-state index contributed by atoms with van der Waals surface area (Å²) >= 11 is 1.54. The topological polar surface area (TPSA) is 68.5 Å². The van der Waals surface area contributed by atoms with Gasteiger partial charge in [0.2, 0.25) is 0 Å². The maximum absolute atomic E-state index is 12.4. The summed E-state index contributed by atoms with van der Waals surface area (Å²) in [5, 5.41) is 0. The van der Waals surface area contributed by atoms with Gasteiger partial charge < -0.3 is 15.4 Å². The number of benzene rings is 1. The molecule has 0 aliphatic carbocycles. The number of nitrogen functional groups attached to an aromatic ring is 1. The summed E-state index contributed by atoms with van der Waals surface area (Å²) in [7, 11) is 3.28. The van der Waals surface area contributed by atoms with E-state index in [0.29, 0.717) is 23.5 Å². The van der Waals surface area contributed by atoms with E-state index in [1.54, 1.807) is 47.0 Å². The number of carbonyl (C=O) groups excluding carboxylic acids is 1. The number of nitrogens with zero attached hydrogens (tertiary/aromatic N) is 2. The van der Waals surface area contributed by atoms with E-state index in [1.807, 2.05) is 6.92 Å². The Morgan fingerprint density at radius 3 is 2.85 bits per heavy atom. The van der Waals surface area contributed by atoms with Crippen molar-refractivity contribution >= 4 is 22.9 Å². The predicted molar refractivity (Wildman–Crippen MR) is 80.1 cm³/mol. The van der Waals surface area contributed by atoms with Gasteiger partial charge in [-0.25, -0.2) is 4.98 Å². The lowest BCUT2D eigenvalue weighted by Crippen LogP contribution is -2.27. The van der Waals surface area contributed by atoms with E-state index in [-0.39, 0.29) is 5.91 Å². The number of amides is 1. The van der Waals surface area contributed by atoms with E-state index < -0.39 is 0 Å². The molecule has 106 valence electrons. The number of rotatable bonds is 4. The fraction of sp³-hybridized carbons (Fsp3) is 0.286. The third kappa shape index (κ3) is 2.75. The number of aromatic nitrogens is 1. The van der Waals surface area contributed by atoms with E-state index >= 15 is 0 Å². The van der Waals surface area contributed by atoms with Gasteiger partial charge in [0.25, 0.3) is 5.91 Å². The van der Waals surface area contributed by atoms with Crippen molar-refractivity contribution in [1.29, 1.82) is 0 Å². The molecule has 1 heterocycles. The standard InChI is InChI=1S/C14H17N3O2S/c1-9-12(20-8-16-9)7-17(2)14(18)10-5-4-6-11(19-3)13(10)15/h4-6,8H,7,15H2,1-3H3. The number of anilines is 1. The van der Waals surface area contributed by atoms with E-state index in [2.05, 4.69) is 4.98 Å². The molecule has 2 N–H and O–H groups in total. The Bertz CT molecular complexity index is 625. The van der Waals surface area contributed by atoms with Crippen molar-refractivity contribution in [2.45, 2.75) is 13.5 Å². The number of carbonyl (C=O) groups is 1. The van der Waals surface area contributed by atoms with Gasteiger partial charge in [-0.3, -0.25) is 4.79 Å².